The van der Waals surface area contributed by atoms with Crippen molar-refractivity contribution in [1.29, 1.82) is 0 Å². The summed E-state index contributed by atoms with van der Waals surface area (Å²) in [4.78, 5) is 30.2. The van der Waals surface area contributed by atoms with E-state index in [0.29, 0.717) is 30.5 Å². The minimum Gasteiger partial charge on any atom is -0.444 e. The van der Waals surface area contributed by atoms with Crippen molar-refractivity contribution < 1.29 is 14.3 Å². The Morgan fingerprint density at radius 3 is 2.35 bits per heavy atom. The zero-order chi connectivity index (χ0) is 24.1. The molecular formula is C27H33N3O3S. The van der Waals surface area contributed by atoms with E-state index < -0.39 is 5.60 Å². The molecule has 0 saturated heterocycles. The van der Waals surface area contributed by atoms with Gasteiger partial charge in [-0.3, -0.25) is 9.78 Å². The average Bonchev–Trinajstić information content (AvgIpc) is 3.25. The van der Waals surface area contributed by atoms with Gasteiger partial charge in [-0.2, -0.15) is 0 Å². The van der Waals surface area contributed by atoms with Gasteiger partial charge in [0, 0.05) is 29.5 Å². The number of pyridine rings is 1. The highest BCUT2D eigenvalue weighted by molar-refractivity contribution is 7.22. The molecule has 0 unspecified atom stereocenters. The number of nitrogens with one attached hydrogen (secondary N) is 2. The quantitative estimate of drug-likeness (QED) is 0.453. The predicted octanol–water partition coefficient (Wildman–Crippen LogP) is 6.02. The van der Waals surface area contributed by atoms with Crippen molar-refractivity contribution in [3.63, 3.8) is 0 Å². The van der Waals surface area contributed by atoms with E-state index >= 15 is 0 Å². The molecule has 0 aliphatic heterocycles. The highest BCUT2D eigenvalue weighted by Crippen LogP contribution is 2.32. The Kier molecular flexibility index (Phi) is 7.51. The summed E-state index contributed by atoms with van der Waals surface area (Å²) in [6, 6.07) is 14.0. The number of amides is 2. The van der Waals surface area contributed by atoms with Crippen molar-refractivity contribution in [3.8, 4) is 10.6 Å². The molecule has 180 valence electrons. The molecule has 6 nitrogen and oxygen atoms in total. The molecule has 4 rings (SSSR count). The van der Waals surface area contributed by atoms with Gasteiger partial charge in [-0.05, 0) is 87.9 Å². The number of hydrogen-bond donors (Lipinski definition) is 2. The van der Waals surface area contributed by atoms with E-state index in [0.717, 1.165) is 36.3 Å². The molecule has 1 aliphatic carbocycles. The number of alkyl carbamates (subject to hydrolysis) is 1. The van der Waals surface area contributed by atoms with Gasteiger partial charge in [0.15, 0.2) is 0 Å². The van der Waals surface area contributed by atoms with Crippen molar-refractivity contribution in [2.75, 3.05) is 13.1 Å². The number of carbonyl (C=O) groups excluding carboxylic acids is 2. The molecule has 0 bridgehead atoms. The third-order valence-electron chi connectivity index (χ3n) is 6.15. The highest BCUT2D eigenvalue weighted by Gasteiger charge is 2.23. The summed E-state index contributed by atoms with van der Waals surface area (Å²) in [5.41, 5.74) is 0.984. The smallest absolute Gasteiger partial charge is 0.407 e. The van der Waals surface area contributed by atoms with Crippen LogP contribution in [0.4, 0.5) is 4.79 Å². The van der Waals surface area contributed by atoms with Gasteiger partial charge in [0.2, 0.25) is 0 Å². The lowest BCUT2D eigenvalue weighted by Gasteiger charge is -2.29. The van der Waals surface area contributed by atoms with E-state index in [-0.39, 0.29) is 12.0 Å². The fourth-order valence-electron chi connectivity index (χ4n) is 4.34. The van der Waals surface area contributed by atoms with E-state index in [9.17, 15) is 9.59 Å². The number of ether oxygens (including phenoxy) is 1. The fourth-order valence-corrected chi connectivity index (χ4v) is 5.37. The van der Waals surface area contributed by atoms with Crippen molar-refractivity contribution in [1.82, 2.24) is 15.6 Å². The first kappa shape index (κ1) is 24.2. The van der Waals surface area contributed by atoms with E-state index in [1.54, 1.807) is 23.6 Å². The van der Waals surface area contributed by atoms with Crippen molar-refractivity contribution >= 4 is 33.4 Å². The molecule has 1 fully saturated rings. The van der Waals surface area contributed by atoms with Crippen molar-refractivity contribution in [3.05, 3.63) is 54.2 Å². The fraction of sp³-hybridized carbons (Fsp3) is 0.444. The lowest BCUT2D eigenvalue weighted by Crippen LogP contribution is -2.37. The summed E-state index contributed by atoms with van der Waals surface area (Å²) in [6.07, 6.45) is 5.53. The van der Waals surface area contributed by atoms with E-state index in [4.69, 9.17) is 4.74 Å². The summed E-state index contributed by atoms with van der Waals surface area (Å²) in [6.45, 7) is 6.91. The lowest BCUT2D eigenvalue weighted by atomic mass is 9.82. The van der Waals surface area contributed by atoms with Crippen molar-refractivity contribution in [2.24, 2.45) is 11.8 Å². The summed E-state index contributed by atoms with van der Waals surface area (Å²) in [5, 5.41) is 7.19. The Bertz CT molecular complexity index is 1110. The van der Waals surface area contributed by atoms with Gasteiger partial charge in [-0.15, -0.1) is 11.3 Å². The van der Waals surface area contributed by atoms with Crippen LogP contribution >= 0.6 is 11.3 Å². The van der Waals surface area contributed by atoms with Crippen LogP contribution in [-0.4, -0.2) is 35.7 Å². The lowest BCUT2D eigenvalue weighted by molar-refractivity contribution is 0.0512. The Balaban J connectivity index is 1.24. The van der Waals surface area contributed by atoms with Crippen molar-refractivity contribution in [2.45, 2.75) is 52.1 Å². The maximum absolute atomic E-state index is 12.8. The minimum absolute atomic E-state index is 0.0570. The minimum atomic E-state index is -0.479. The molecule has 1 saturated carbocycles. The molecule has 2 amide bonds. The van der Waals surface area contributed by atoms with Gasteiger partial charge in [-0.25, -0.2) is 4.79 Å². The molecule has 7 heteroatoms. The second-order valence-electron chi connectivity index (χ2n) is 10.1. The normalized spacial score (nSPS) is 18.4. The second-order valence-corrected chi connectivity index (χ2v) is 11.1. The molecule has 34 heavy (non-hydrogen) atoms. The Morgan fingerprint density at radius 1 is 1.00 bits per heavy atom. The molecule has 1 aromatic carbocycles. The predicted molar refractivity (Wildman–Crippen MR) is 137 cm³/mol. The molecule has 0 spiro atoms. The number of nitrogens with zero attached hydrogens (tertiary/aromatic N) is 1. The third-order valence-corrected chi connectivity index (χ3v) is 7.29. The van der Waals surface area contributed by atoms with Crippen LogP contribution < -0.4 is 10.6 Å². The van der Waals surface area contributed by atoms with E-state index in [1.165, 1.54) is 10.1 Å². The van der Waals surface area contributed by atoms with Gasteiger partial charge in [-0.1, -0.05) is 18.2 Å². The van der Waals surface area contributed by atoms with E-state index in [2.05, 4.69) is 33.8 Å². The van der Waals surface area contributed by atoms with Gasteiger partial charge in [0.05, 0.1) is 10.6 Å². The summed E-state index contributed by atoms with van der Waals surface area (Å²) < 4.78 is 6.52. The number of fused-ring (bicyclic) bond motifs is 1. The van der Waals surface area contributed by atoms with Crippen LogP contribution in [0.5, 0.6) is 0 Å². The van der Waals surface area contributed by atoms with Crippen LogP contribution in [0.3, 0.4) is 0 Å². The molecule has 1 aliphatic rings. The summed E-state index contributed by atoms with van der Waals surface area (Å²) in [7, 11) is 0. The van der Waals surface area contributed by atoms with E-state index in [1.807, 2.05) is 39.0 Å². The number of hydrogen-bond acceptors (Lipinski definition) is 5. The van der Waals surface area contributed by atoms with Crippen LogP contribution in [0.15, 0.2) is 48.7 Å². The van der Waals surface area contributed by atoms with Gasteiger partial charge in [0.1, 0.15) is 5.60 Å². The third kappa shape index (κ3) is 6.56. The van der Waals surface area contributed by atoms with Gasteiger partial charge in [0.25, 0.3) is 5.91 Å². The standard InChI is InChI=1S/C27H33N3O3S/c1-27(2,3)33-26(32)30-17-19-10-8-18(9-11-19)16-29-25(31)21-12-13-28-22(14-21)24-15-20-6-4-5-7-23(20)34-24/h4-7,12-15,18-19H,8-11,16-17H2,1-3H3,(H,29,31)(H,30,32). The zero-order valence-electron chi connectivity index (χ0n) is 20.1. The molecule has 2 N–H and O–H groups in total. The molecule has 0 radical (unpaired) electrons. The Hall–Kier alpha value is -2.93. The summed E-state index contributed by atoms with van der Waals surface area (Å²) in [5.74, 6) is 0.868. The number of thiophene rings is 1. The van der Waals surface area contributed by atoms with Crippen LogP contribution in [0, 0.1) is 11.8 Å². The van der Waals surface area contributed by atoms with Crippen LogP contribution in [0.25, 0.3) is 20.7 Å². The van der Waals surface area contributed by atoms with Crippen LogP contribution in [-0.2, 0) is 4.74 Å². The number of carbonyl (C=O) groups is 2. The average molecular weight is 480 g/mol. The molecule has 2 aromatic heterocycles. The number of rotatable bonds is 6. The Morgan fingerprint density at radius 2 is 1.68 bits per heavy atom. The van der Waals surface area contributed by atoms with Gasteiger partial charge < -0.3 is 15.4 Å². The molecule has 0 atom stereocenters. The Labute approximate surface area is 205 Å². The first-order valence-electron chi connectivity index (χ1n) is 12.0. The number of benzene rings is 1. The molecular weight excluding hydrogens is 446 g/mol. The second kappa shape index (κ2) is 10.6. The highest BCUT2D eigenvalue weighted by atomic mass is 32.1. The van der Waals surface area contributed by atoms with Gasteiger partial charge >= 0.3 is 6.09 Å². The first-order valence-corrected chi connectivity index (χ1v) is 12.8. The molecule has 3 aromatic rings. The topological polar surface area (TPSA) is 80.3 Å². The number of aromatic nitrogens is 1. The maximum atomic E-state index is 12.8. The van der Waals surface area contributed by atoms with Crippen LogP contribution in [0.1, 0.15) is 56.8 Å². The molecule has 2 heterocycles. The maximum Gasteiger partial charge on any atom is 0.407 e. The first-order chi connectivity index (χ1) is 16.3. The van der Waals surface area contributed by atoms with Crippen LogP contribution in [0.2, 0.25) is 0 Å². The zero-order valence-corrected chi connectivity index (χ0v) is 20.9. The largest absolute Gasteiger partial charge is 0.444 e. The summed E-state index contributed by atoms with van der Waals surface area (Å²) >= 11 is 1.69. The SMILES string of the molecule is CC(C)(C)OC(=O)NCC1CCC(CNC(=O)c2ccnc(-c3cc4ccccc4s3)c2)CC1. The monoisotopic (exact) mass is 479 g/mol.